The van der Waals surface area contributed by atoms with Crippen molar-refractivity contribution in [3.63, 3.8) is 0 Å². The smallest absolute Gasteiger partial charge is 0.126 e. The van der Waals surface area contributed by atoms with Gasteiger partial charge in [0.15, 0.2) is 0 Å². The van der Waals surface area contributed by atoms with Crippen LogP contribution in [0.5, 0.6) is 11.5 Å². The molecule has 2 nitrogen and oxygen atoms in total. The third-order valence-corrected chi connectivity index (χ3v) is 7.06. The van der Waals surface area contributed by atoms with Crippen molar-refractivity contribution >= 4 is 23.2 Å². The summed E-state index contributed by atoms with van der Waals surface area (Å²) < 4.78 is 12.8. The minimum absolute atomic E-state index is 0.759. The number of allylic oxidation sites excluding steroid dienone is 1. The summed E-state index contributed by atoms with van der Waals surface area (Å²) in [5.74, 6) is 1.95. The highest BCUT2D eigenvalue weighted by atomic mass is 32.1. The molecule has 0 unspecified atom stereocenters. The van der Waals surface area contributed by atoms with Gasteiger partial charge in [-0.15, -0.1) is 0 Å². The van der Waals surface area contributed by atoms with Crippen molar-refractivity contribution < 1.29 is 9.47 Å². The van der Waals surface area contributed by atoms with Crippen LogP contribution in [0.3, 0.4) is 0 Å². The number of unbranched alkanes of at least 4 members (excludes halogenated alkanes) is 10. The molecule has 0 amide bonds. The second-order valence-corrected chi connectivity index (χ2v) is 10.5. The maximum atomic E-state index is 6.39. The molecule has 0 N–H and O–H groups in total. The van der Waals surface area contributed by atoms with E-state index in [4.69, 9.17) is 21.7 Å². The number of hydrogen-bond acceptors (Lipinski definition) is 3. The van der Waals surface area contributed by atoms with Crippen LogP contribution >= 0.6 is 12.2 Å². The van der Waals surface area contributed by atoms with Crippen molar-refractivity contribution in [2.24, 2.45) is 0 Å². The molecule has 2 rings (SSSR count). The molecule has 0 radical (unpaired) electrons. The van der Waals surface area contributed by atoms with E-state index in [1.165, 1.54) is 69.8 Å². The maximum Gasteiger partial charge on any atom is 0.126 e. The van der Waals surface area contributed by atoms with E-state index in [2.05, 4.69) is 51.1 Å². The van der Waals surface area contributed by atoms with Crippen LogP contribution in [0, 0.1) is 0 Å². The van der Waals surface area contributed by atoms with E-state index in [1.54, 1.807) is 0 Å². The van der Waals surface area contributed by atoms with Gasteiger partial charge < -0.3 is 9.47 Å². The Hall–Kier alpha value is -2.13. The lowest BCUT2D eigenvalue weighted by Crippen LogP contribution is -2.05. The topological polar surface area (TPSA) is 18.5 Å². The molecule has 0 atom stereocenters. The molecule has 2 aromatic carbocycles. The van der Waals surface area contributed by atoms with E-state index < -0.39 is 0 Å². The van der Waals surface area contributed by atoms with Crippen molar-refractivity contribution in [2.45, 2.75) is 111 Å². The Kier molecular flexibility index (Phi) is 16.7. The van der Waals surface area contributed by atoms with Gasteiger partial charge in [-0.3, -0.25) is 0 Å². The van der Waals surface area contributed by atoms with Crippen molar-refractivity contribution in [1.29, 1.82) is 0 Å². The first kappa shape index (κ1) is 31.1. The van der Waals surface area contributed by atoms with Crippen LogP contribution in [0.4, 0.5) is 0 Å². The summed E-state index contributed by atoms with van der Waals surface area (Å²) in [6.07, 6.45) is 21.3. The Balaban J connectivity index is 2.12. The van der Waals surface area contributed by atoms with E-state index in [-0.39, 0.29) is 0 Å². The average molecular weight is 523 g/mol. The molecular formula is C34H50O2S. The lowest BCUT2D eigenvalue weighted by molar-refractivity contribution is 0.284. The van der Waals surface area contributed by atoms with E-state index >= 15 is 0 Å². The molecule has 0 aromatic heterocycles. The molecule has 2 aromatic rings. The summed E-state index contributed by atoms with van der Waals surface area (Å²) in [6.45, 7) is 8.27. The Morgan fingerprint density at radius 1 is 0.676 bits per heavy atom. The third-order valence-electron chi connectivity index (χ3n) is 6.69. The van der Waals surface area contributed by atoms with Gasteiger partial charge in [-0.25, -0.2) is 0 Å². The molecule has 3 heteroatoms. The fraction of sp³-hybridized carbons (Fsp3) is 0.559. The first-order chi connectivity index (χ1) is 18.2. The van der Waals surface area contributed by atoms with Crippen LogP contribution in [-0.4, -0.2) is 18.1 Å². The van der Waals surface area contributed by atoms with Gasteiger partial charge in [-0.1, -0.05) is 140 Å². The zero-order valence-electron chi connectivity index (χ0n) is 23.7. The second kappa shape index (κ2) is 19.9. The number of rotatable bonds is 21. The van der Waals surface area contributed by atoms with Crippen molar-refractivity contribution in [3.05, 3.63) is 65.2 Å². The zero-order valence-corrected chi connectivity index (χ0v) is 24.6. The molecular weight excluding hydrogens is 472 g/mol. The second-order valence-electron chi connectivity index (χ2n) is 10.0. The first-order valence-corrected chi connectivity index (χ1v) is 15.3. The number of hydrogen-bond donors (Lipinski definition) is 0. The van der Waals surface area contributed by atoms with Crippen LogP contribution in [0.25, 0.3) is 6.08 Å². The van der Waals surface area contributed by atoms with Gasteiger partial charge in [0.05, 0.1) is 13.2 Å². The summed E-state index contributed by atoms with van der Waals surface area (Å²) in [7, 11) is 0. The van der Waals surface area contributed by atoms with E-state index in [0.29, 0.717) is 0 Å². The van der Waals surface area contributed by atoms with E-state index in [9.17, 15) is 0 Å². The molecule has 0 aliphatic rings. The summed E-state index contributed by atoms with van der Waals surface area (Å²) >= 11 is 5.66. The fourth-order valence-electron chi connectivity index (χ4n) is 4.49. The predicted octanol–water partition coefficient (Wildman–Crippen LogP) is 10.5. The molecule has 0 saturated carbocycles. The highest BCUT2D eigenvalue weighted by Crippen LogP contribution is 2.33. The Bertz CT molecular complexity index is 864. The van der Waals surface area contributed by atoms with Crippen LogP contribution < -0.4 is 9.47 Å². The Morgan fingerprint density at radius 3 is 1.70 bits per heavy atom. The molecule has 0 saturated heterocycles. The van der Waals surface area contributed by atoms with E-state index in [0.717, 1.165) is 66.4 Å². The Labute approximate surface area is 232 Å². The SMILES string of the molecule is CCCCCCCCOc1cc(C=CC(=S)c2ccccc2)cc(OCCCCCCCC)c1CCC. The standard InChI is InChI=1S/C34H50O2S/c1-4-7-9-11-13-18-25-35-32-27-29(23-24-34(37)30-21-16-15-17-22-30)28-33(31(32)20-6-3)36-26-19-14-12-10-8-5-2/h15-17,21-24,27-28H,4-14,18-20,25-26H2,1-3H3. The lowest BCUT2D eigenvalue weighted by Gasteiger charge is -2.18. The fourth-order valence-corrected chi connectivity index (χ4v) is 4.69. The number of ether oxygens (including phenoxy) is 2. The minimum Gasteiger partial charge on any atom is -0.493 e. The highest BCUT2D eigenvalue weighted by molar-refractivity contribution is 7.81. The van der Waals surface area contributed by atoms with Crippen molar-refractivity contribution in [3.8, 4) is 11.5 Å². The van der Waals surface area contributed by atoms with Crippen LogP contribution in [0.15, 0.2) is 48.5 Å². The van der Waals surface area contributed by atoms with Crippen LogP contribution in [0.1, 0.15) is 121 Å². The summed E-state index contributed by atoms with van der Waals surface area (Å²) in [5, 5.41) is 0. The Morgan fingerprint density at radius 2 is 1.19 bits per heavy atom. The quantitative estimate of drug-likeness (QED) is 0.0703. The van der Waals surface area contributed by atoms with Crippen molar-refractivity contribution in [1.82, 2.24) is 0 Å². The normalized spacial score (nSPS) is 11.2. The van der Waals surface area contributed by atoms with Gasteiger partial charge >= 0.3 is 0 Å². The first-order valence-electron chi connectivity index (χ1n) is 14.9. The number of benzene rings is 2. The average Bonchev–Trinajstić information content (AvgIpc) is 2.92. The van der Waals surface area contributed by atoms with Crippen LogP contribution in [0.2, 0.25) is 0 Å². The van der Waals surface area contributed by atoms with Gasteiger partial charge in [0, 0.05) is 10.4 Å². The third kappa shape index (κ3) is 12.8. The summed E-state index contributed by atoms with van der Waals surface area (Å²) in [5.41, 5.74) is 3.35. The van der Waals surface area contributed by atoms with Crippen LogP contribution in [-0.2, 0) is 6.42 Å². The largest absolute Gasteiger partial charge is 0.493 e. The molecule has 0 heterocycles. The minimum atomic E-state index is 0.759. The molecule has 0 aliphatic carbocycles. The highest BCUT2D eigenvalue weighted by Gasteiger charge is 2.13. The molecule has 0 fully saturated rings. The van der Waals surface area contributed by atoms with Crippen molar-refractivity contribution in [2.75, 3.05) is 13.2 Å². The molecule has 0 spiro atoms. The molecule has 37 heavy (non-hydrogen) atoms. The van der Waals surface area contributed by atoms with Gasteiger partial charge in [0.25, 0.3) is 0 Å². The van der Waals surface area contributed by atoms with Gasteiger partial charge in [-0.2, -0.15) is 0 Å². The molecule has 0 bridgehead atoms. The summed E-state index contributed by atoms with van der Waals surface area (Å²) in [6, 6.07) is 14.5. The van der Waals surface area contributed by atoms with Gasteiger partial charge in [0.1, 0.15) is 11.5 Å². The molecule has 204 valence electrons. The molecule has 0 aliphatic heterocycles. The maximum absolute atomic E-state index is 6.39. The summed E-state index contributed by atoms with van der Waals surface area (Å²) in [4.78, 5) is 0.835. The van der Waals surface area contributed by atoms with Gasteiger partial charge in [-0.05, 0) is 48.6 Å². The number of thiocarbonyl (C=S) groups is 1. The zero-order chi connectivity index (χ0) is 26.6. The lowest BCUT2D eigenvalue weighted by atomic mass is 10.0. The monoisotopic (exact) mass is 522 g/mol. The van der Waals surface area contributed by atoms with E-state index in [1.807, 2.05) is 24.3 Å². The van der Waals surface area contributed by atoms with Gasteiger partial charge in [0.2, 0.25) is 0 Å². The predicted molar refractivity (Wildman–Crippen MR) is 165 cm³/mol.